The molecule has 122 valence electrons. The fourth-order valence-electron chi connectivity index (χ4n) is 3.01. The van der Waals surface area contributed by atoms with Gasteiger partial charge in [-0.25, -0.2) is 0 Å². The molecule has 23 heavy (non-hydrogen) atoms. The summed E-state index contributed by atoms with van der Waals surface area (Å²) >= 11 is 0. The van der Waals surface area contributed by atoms with Gasteiger partial charge >= 0.3 is 0 Å². The lowest BCUT2D eigenvalue weighted by Gasteiger charge is -2.29. The van der Waals surface area contributed by atoms with Crippen molar-refractivity contribution in [1.29, 1.82) is 0 Å². The molecule has 1 aliphatic heterocycles. The third-order valence-corrected chi connectivity index (χ3v) is 4.22. The Morgan fingerprint density at radius 1 is 0.826 bits per heavy atom. The number of benzene rings is 2. The van der Waals surface area contributed by atoms with E-state index in [4.69, 9.17) is 9.47 Å². The van der Waals surface area contributed by atoms with Crippen molar-refractivity contribution in [2.75, 3.05) is 20.1 Å². The first kappa shape index (κ1) is 15.9. The van der Waals surface area contributed by atoms with E-state index in [0.29, 0.717) is 6.10 Å². The lowest BCUT2D eigenvalue weighted by atomic mass is 10.1. The van der Waals surface area contributed by atoms with Gasteiger partial charge in [-0.3, -0.25) is 0 Å². The SMILES string of the molecule is Cc1cc(C)cc(Oc2ccc(OC3CCN(C)CC3)cc2)c1. The molecule has 0 unspecified atom stereocenters. The van der Waals surface area contributed by atoms with E-state index in [9.17, 15) is 0 Å². The van der Waals surface area contributed by atoms with Crippen LogP contribution in [-0.4, -0.2) is 31.1 Å². The zero-order valence-corrected chi connectivity index (χ0v) is 14.2. The van der Waals surface area contributed by atoms with Crippen LogP contribution in [0.15, 0.2) is 42.5 Å². The van der Waals surface area contributed by atoms with E-state index in [1.165, 1.54) is 11.1 Å². The molecule has 3 heteroatoms. The van der Waals surface area contributed by atoms with Gasteiger partial charge < -0.3 is 14.4 Å². The maximum atomic E-state index is 6.06. The average Bonchev–Trinajstić information content (AvgIpc) is 2.50. The summed E-state index contributed by atoms with van der Waals surface area (Å²) in [4.78, 5) is 2.35. The fourth-order valence-corrected chi connectivity index (χ4v) is 3.01. The molecule has 0 bridgehead atoms. The third-order valence-electron chi connectivity index (χ3n) is 4.22. The minimum atomic E-state index is 0.331. The first-order valence-electron chi connectivity index (χ1n) is 8.30. The summed E-state index contributed by atoms with van der Waals surface area (Å²) < 4.78 is 12.0. The highest BCUT2D eigenvalue weighted by atomic mass is 16.5. The quantitative estimate of drug-likeness (QED) is 0.825. The van der Waals surface area contributed by atoms with Gasteiger partial charge in [0.1, 0.15) is 23.4 Å². The van der Waals surface area contributed by atoms with Crippen LogP contribution in [0.2, 0.25) is 0 Å². The van der Waals surface area contributed by atoms with Gasteiger partial charge in [-0.15, -0.1) is 0 Å². The van der Waals surface area contributed by atoms with Gasteiger partial charge in [0, 0.05) is 13.1 Å². The molecule has 0 radical (unpaired) electrons. The monoisotopic (exact) mass is 311 g/mol. The highest BCUT2D eigenvalue weighted by Gasteiger charge is 2.17. The Morgan fingerprint density at radius 2 is 1.39 bits per heavy atom. The second kappa shape index (κ2) is 7.05. The molecule has 1 saturated heterocycles. The normalized spacial score (nSPS) is 16.3. The van der Waals surface area contributed by atoms with E-state index < -0.39 is 0 Å². The van der Waals surface area contributed by atoms with Crippen LogP contribution < -0.4 is 9.47 Å². The summed E-state index contributed by atoms with van der Waals surface area (Å²) in [5, 5.41) is 0. The van der Waals surface area contributed by atoms with Crippen molar-refractivity contribution >= 4 is 0 Å². The van der Waals surface area contributed by atoms with E-state index in [1.54, 1.807) is 0 Å². The van der Waals surface area contributed by atoms with Crippen LogP contribution in [0.4, 0.5) is 0 Å². The number of piperidine rings is 1. The zero-order chi connectivity index (χ0) is 16.2. The van der Waals surface area contributed by atoms with Gasteiger partial charge in [-0.05, 0) is 81.3 Å². The Kier molecular flexibility index (Phi) is 4.87. The van der Waals surface area contributed by atoms with Crippen molar-refractivity contribution in [3.8, 4) is 17.2 Å². The Balaban J connectivity index is 1.60. The van der Waals surface area contributed by atoms with Crippen LogP contribution >= 0.6 is 0 Å². The molecule has 1 heterocycles. The Labute approximate surface area is 138 Å². The lowest BCUT2D eigenvalue weighted by molar-refractivity contribution is 0.114. The molecule has 1 aliphatic rings. The van der Waals surface area contributed by atoms with Crippen molar-refractivity contribution in [2.24, 2.45) is 0 Å². The van der Waals surface area contributed by atoms with Crippen LogP contribution in [0.3, 0.4) is 0 Å². The van der Waals surface area contributed by atoms with Crippen LogP contribution in [-0.2, 0) is 0 Å². The summed E-state index contributed by atoms with van der Waals surface area (Å²) in [6.45, 7) is 6.38. The van der Waals surface area contributed by atoms with Crippen LogP contribution in [0.5, 0.6) is 17.2 Å². The molecule has 0 N–H and O–H groups in total. The molecule has 0 aromatic heterocycles. The molecule has 0 saturated carbocycles. The van der Waals surface area contributed by atoms with E-state index in [1.807, 2.05) is 24.3 Å². The van der Waals surface area contributed by atoms with Gasteiger partial charge in [-0.1, -0.05) is 6.07 Å². The molecule has 0 aliphatic carbocycles. The van der Waals surface area contributed by atoms with E-state index in [0.717, 1.165) is 43.2 Å². The van der Waals surface area contributed by atoms with Gasteiger partial charge in [0.25, 0.3) is 0 Å². The van der Waals surface area contributed by atoms with Gasteiger partial charge in [0.15, 0.2) is 0 Å². The van der Waals surface area contributed by atoms with Crippen molar-refractivity contribution in [2.45, 2.75) is 32.8 Å². The molecule has 0 spiro atoms. The zero-order valence-electron chi connectivity index (χ0n) is 14.2. The highest BCUT2D eigenvalue weighted by molar-refractivity contribution is 5.38. The van der Waals surface area contributed by atoms with Gasteiger partial charge in [0.05, 0.1) is 0 Å². The number of rotatable bonds is 4. The Bertz CT molecular complexity index is 623. The molecular formula is C20H25NO2. The molecule has 0 atom stereocenters. The predicted octanol–water partition coefficient (Wildman–Crippen LogP) is 4.57. The lowest BCUT2D eigenvalue weighted by Crippen LogP contribution is -2.35. The molecule has 1 fully saturated rings. The smallest absolute Gasteiger partial charge is 0.127 e. The summed E-state index contributed by atoms with van der Waals surface area (Å²) in [5.74, 6) is 2.64. The minimum Gasteiger partial charge on any atom is -0.490 e. The van der Waals surface area contributed by atoms with Gasteiger partial charge in [-0.2, -0.15) is 0 Å². The fraction of sp³-hybridized carbons (Fsp3) is 0.400. The number of nitrogens with zero attached hydrogens (tertiary/aromatic N) is 1. The van der Waals surface area contributed by atoms with Crippen molar-refractivity contribution in [1.82, 2.24) is 4.90 Å². The van der Waals surface area contributed by atoms with E-state index in [-0.39, 0.29) is 0 Å². The predicted molar refractivity (Wildman–Crippen MR) is 93.6 cm³/mol. The molecule has 3 rings (SSSR count). The second-order valence-corrected chi connectivity index (χ2v) is 6.52. The van der Waals surface area contributed by atoms with Crippen LogP contribution in [0.1, 0.15) is 24.0 Å². The largest absolute Gasteiger partial charge is 0.490 e. The van der Waals surface area contributed by atoms with Crippen LogP contribution in [0, 0.1) is 13.8 Å². The first-order valence-corrected chi connectivity index (χ1v) is 8.30. The molecule has 0 amide bonds. The third kappa shape index (κ3) is 4.49. The van der Waals surface area contributed by atoms with Crippen molar-refractivity contribution in [3.63, 3.8) is 0 Å². The number of ether oxygens (including phenoxy) is 2. The first-order chi connectivity index (χ1) is 11.1. The highest BCUT2D eigenvalue weighted by Crippen LogP contribution is 2.26. The van der Waals surface area contributed by atoms with Crippen molar-refractivity contribution < 1.29 is 9.47 Å². The second-order valence-electron chi connectivity index (χ2n) is 6.52. The number of likely N-dealkylation sites (tertiary alicyclic amines) is 1. The number of hydrogen-bond acceptors (Lipinski definition) is 3. The molecular weight excluding hydrogens is 286 g/mol. The topological polar surface area (TPSA) is 21.7 Å². The molecule has 2 aromatic carbocycles. The van der Waals surface area contributed by atoms with Gasteiger partial charge in [0.2, 0.25) is 0 Å². The maximum Gasteiger partial charge on any atom is 0.127 e. The Morgan fingerprint density at radius 3 is 2.00 bits per heavy atom. The summed E-state index contributed by atoms with van der Waals surface area (Å²) in [7, 11) is 2.16. The summed E-state index contributed by atoms with van der Waals surface area (Å²) in [5.41, 5.74) is 2.42. The molecule has 2 aromatic rings. The standard InChI is InChI=1S/C20H25NO2/c1-15-12-16(2)14-20(13-15)23-18-6-4-17(5-7-18)22-19-8-10-21(3)11-9-19/h4-7,12-14,19H,8-11H2,1-3H3. The van der Waals surface area contributed by atoms with E-state index >= 15 is 0 Å². The minimum absolute atomic E-state index is 0.331. The van der Waals surface area contributed by atoms with Crippen LogP contribution in [0.25, 0.3) is 0 Å². The number of aryl methyl sites for hydroxylation is 2. The Hall–Kier alpha value is -2.00. The van der Waals surface area contributed by atoms with Crippen molar-refractivity contribution in [3.05, 3.63) is 53.6 Å². The molecule has 3 nitrogen and oxygen atoms in total. The summed E-state index contributed by atoms with van der Waals surface area (Å²) in [6, 6.07) is 14.2. The average molecular weight is 311 g/mol. The summed E-state index contributed by atoms with van der Waals surface area (Å²) in [6.07, 6.45) is 2.52. The number of hydrogen-bond donors (Lipinski definition) is 0. The van der Waals surface area contributed by atoms with E-state index in [2.05, 4.69) is 44.0 Å². The maximum absolute atomic E-state index is 6.06.